The normalized spacial score (nSPS) is 17.1. The van der Waals surface area contributed by atoms with Crippen LogP contribution in [0.3, 0.4) is 0 Å². The molecule has 4 rings (SSSR count). The lowest BCUT2D eigenvalue weighted by molar-refractivity contribution is 0.542. The summed E-state index contributed by atoms with van der Waals surface area (Å²) in [6.07, 6.45) is 3.21. The van der Waals surface area contributed by atoms with Gasteiger partial charge in [0.25, 0.3) is 0 Å². The number of aromatic nitrogens is 4. The highest BCUT2D eigenvalue weighted by Gasteiger charge is 2.27. The Labute approximate surface area is 172 Å². The van der Waals surface area contributed by atoms with Crippen molar-refractivity contribution in [2.45, 2.75) is 13.0 Å². The lowest BCUT2D eigenvalue weighted by Gasteiger charge is -2.41. The second-order valence-corrected chi connectivity index (χ2v) is 7.24. The molecule has 1 aliphatic heterocycles. The molecule has 0 bridgehead atoms. The zero-order valence-corrected chi connectivity index (χ0v) is 16.6. The molecule has 0 aliphatic carbocycles. The van der Waals surface area contributed by atoms with Crippen LogP contribution in [0.1, 0.15) is 6.92 Å². The molecule has 1 unspecified atom stereocenters. The molecular weight excluding hydrogens is 402 g/mol. The van der Waals surface area contributed by atoms with Crippen molar-refractivity contribution in [1.29, 1.82) is 0 Å². The summed E-state index contributed by atoms with van der Waals surface area (Å²) in [5, 5.41) is 0.551. The average Bonchev–Trinajstić information content (AvgIpc) is 2.68. The Balaban J connectivity index is 1.58. The van der Waals surface area contributed by atoms with E-state index in [9.17, 15) is 4.39 Å². The van der Waals surface area contributed by atoms with Gasteiger partial charge < -0.3 is 9.80 Å². The number of nitrogens with zero attached hydrogens (tertiary/aromatic N) is 6. The monoisotopic (exact) mass is 418 g/mol. The van der Waals surface area contributed by atoms with Gasteiger partial charge in [0.15, 0.2) is 11.0 Å². The first-order valence-electron chi connectivity index (χ1n) is 8.80. The first-order valence-corrected chi connectivity index (χ1v) is 9.55. The summed E-state index contributed by atoms with van der Waals surface area (Å²) < 4.78 is 13.2. The SMILES string of the molecule is CC1CN(c2nccnc2Cl)CCN1c1cc(-c2ccc(F)cc2)nc(Cl)n1. The summed E-state index contributed by atoms with van der Waals surface area (Å²) in [5.74, 6) is 1.12. The average molecular weight is 419 g/mol. The first kappa shape index (κ1) is 18.8. The molecule has 0 N–H and O–H groups in total. The number of benzene rings is 1. The predicted molar refractivity (Wildman–Crippen MR) is 108 cm³/mol. The Hall–Kier alpha value is -2.51. The van der Waals surface area contributed by atoms with Gasteiger partial charge >= 0.3 is 0 Å². The second kappa shape index (κ2) is 7.85. The van der Waals surface area contributed by atoms with Crippen molar-refractivity contribution in [2.24, 2.45) is 0 Å². The van der Waals surface area contributed by atoms with Gasteiger partial charge in [-0.2, -0.15) is 0 Å². The number of halogens is 3. The minimum Gasteiger partial charge on any atom is -0.350 e. The van der Waals surface area contributed by atoms with Crippen LogP contribution in [-0.4, -0.2) is 45.6 Å². The van der Waals surface area contributed by atoms with Crippen LogP contribution in [0.2, 0.25) is 10.4 Å². The van der Waals surface area contributed by atoms with Crippen molar-refractivity contribution < 1.29 is 4.39 Å². The molecule has 1 fully saturated rings. The van der Waals surface area contributed by atoms with Crippen LogP contribution in [-0.2, 0) is 0 Å². The zero-order valence-electron chi connectivity index (χ0n) is 15.1. The van der Waals surface area contributed by atoms with Crippen molar-refractivity contribution in [3.63, 3.8) is 0 Å². The lowest BCUT2D eigenvalue weighted by atomic mass is 10.1. The van der Waals surface area contributed by atoms with Crippen LogP contribution >= 0.6 is 23.2 Å². The Morgan fingerprint density at radius 1 is 1.04 bits per heavy atom. The van der Waals surface area contributed by atoms with Crippen LogP contribution in [0.5, 0.6) is 0 Å². The van der Waals surface area contributed by atoms with E-state index < -0.39 is 0 Å². The van der Waals surface area contributed by atoms with Gasteiger partial charge in [-0.05, 0) is 42.8 Å². The standard InChI is InChI=1S/C19H17Cl2FN6/c1-12-11-27(18-17(20)23-6-7-24-18)8-9-28(12)16-10-15(25-19(21)26-16)13-2-4-14(22)5-3-13/h2-7,10,12H,8-9,11H2,1H3. The zero-order chi connectivity index (χ0) is 19.7. The van der Waals surface area contributed by atoms with E-state index in [4.69, 9.17) is 23.2 Å². The van der Waals surface area contributed by atoms with Crippen LogP contribution in [0.15, 0.2) is 42.7 Å². The number of hydrogen-bond donors (Lipinski definition) is 0. The van der Waals surface area contributed by atoms with E-state index in [2.05, 4.69) is 36.7 Å². The van der Waals surface area contributed by atoms with E-state index in [0.717, 1.165) is 17.9 Å². The third-order valence-corrected chi connectivity index (χ3v) is 5.12. The molecule has 144 valence electrons. The fraction of sp³-hybridized carbons (Fsp3) is 0.263. The summed E-state index contributed by atoms with van der Waals surface area (Å²) >= 11 is 12.4. The molecule has 0 amide bonds. The minimum atomic E-state index is -0.295. The molecule has 1 atom stereocenters. The lowest BCUT2D eigenvalue weighted by Crippen LogP contribution is -2.52. The molecule has 1 saturated heterocycles. The van der Waals surface area contributed by atoms with Gasteiger partial charge in [0.05, 0.1) is 5.69 Å². The van der Waals surface area contributed by atoms with E-state index in [1.54, 1.807) is 24.5 Å². The summed E-state index contributed by atoms with van der Waals surface area (Å²) in [4.78, 5) is 21.4. The largest absolute Gasteiger partial charge is 0.350 e. The molecular formula is C19H17Cl2FN6. The van der Waals surface area contributed by atoms with Gasteiger partial charge in [-0.25, -0.2) is 24.3 Å². The Kier molecular flexibility index (Phi) is 5.28. The summed E-state index contributed by atoms with van der Waals surface area (Å²) in [6.45, 7) is 4.25. The van der Waals surface area contributed by atoms with E-state index in [0.29, 0.717) is 29.8 Å². The Morgan fingerprint density at radius 2 is 1.79 bits per heavy atom. The minimum absolute atomic E-state index is 0.138. The Morgan fingerprint density at radius 3 is 2.50 bits per heavy atom. The number of hydrogen-bond acceptors (Lipinski definition) is 6. The van der Waals surface area contributed by atoms with Crippen LogP contribution < -0.4 is 9.80 Å². The van der Waals surface area contributed by atoms with Gasteiger partial charge in [-0.3, -0.25) is 0 Å². The highest BCUT2D eigenvalue weighted by molar-refractivity contribution is 6.31. The van der Waals surface area contributed by atoms with Gasteiger partial charge in [-0.15, -0.1) is 0 Å². The number of piperazine rings is 1. The van der Waals surface area contributed by atoms with E-state index in [1.807, 2.05) is 6.07 Å². The summed E-state index contributed by atoms with van der Waals surface area (Å²) in [6, 6.07) is 8.16. The Bertz CT molecular complexity index is 984. The van der Waals surface area contributed by atoms with Gasteiger partial charge in [0.1, 0.15) is 11.6 Å². The molecule has 2 aromatic heterocycles. The van der Waals surface area contributed by atoms with Crippen molar-refractivity contribution in [3.8, 4) is 11.3 Å². The van der Waals surface area contributed by atoms with Gasteiger partial charge in [-0.1, -0.05) is 11.6 Å². The maximum absolute atomic E-state index is 13.2. The summed E-state index contributed by atoms with van der Waals surface area (Å²) in [5.41, 5.74) is 1.44. The predicted octanol–water partition coefficient (Wildman–Crippen LogP) is 4.09. The third-order valence-electron chi connectivity index (χ3n) is 4.68. The molecule has 0 radical (unpaired) electrons. The topological polar surface area (TPSA) is 58.0 Å². The molecule has 3 aromatic rings. The molecule has 0 spiro atoms. The highest BCUT2D eigenvalue weighted by Crippen LogP contribution is 2.28. The van der Waals surface area contributed by atoms with Crippen molar-refractivity contribution in [1.82, 2.24) is 19.9 Å². The number of rotatable bonds is 3. The van der Waals surface area contributed by atoms with Crippen LogP contribution in [0, 0.1) is 5.82 Å². The molecule has 6 nitrogen and oxygen atoms in total. The summed E-state index contributed by atoms with van der Waals surface area (Å²) in [7, 11) is 0. The number of anilines is 2. The highest BCUT2D eigenvalue weighted by atomic mass is 35.5. The van der Waals surface area contributed by atoms with E-state index in [1.165, 1.54) is 12.1 Å². The molecule has 1 aromatic carbocycles. The molecule has 1 aliphatic rings. The fourth-order valence-electron chi connectivity index (χ4n) is 3.34. The molecule has 28 heavy (non-hydrogen) atoms. The van der Waals surface area contributed by atoms with E-state index >= 15 is 0 Å². The van der Waals surface area contributed by atoms with Crippen molar-refractivity contribution >= 4 is 34.8 Å². The smallest absolute Gasteiger partial charge is 0.224 e. The maximum atomic E-state index is 13.2. The van der Waals surface area contributed by atoms with Crippen molar-refractivity contribution in [2.75, 3.05) is 29.4 Å². The third kappa shape index (κ3) is 3.86. The quantitative estimate of drug-likeness (QED) is 0.596. The second-order valence-electron chi connectivity index (χ2n) is 6.55. The first-order chi connectivity index (χ1) is 13.5. The maximum Gasteiger partial charge on any atom is 0.224 e. The molecule has 3 heterocycles. The fourth-order valence-corrected chi connectivity index (χ4v) is 3.74. The van der Waals surface area contributed by atoms with E-state index in [-0.39, 0.29) is 17.1 Å². The van der Waals surface area contributed by atoms with Gasteiger partial charge in [0, 0.05) is 49.7 Å². The molecule has 0 saturated carbocycles. The van der Waals surface area contributed by atoms with Gasteiger partial charge in [0.2, 0.25) is 5.28 Å². The van der Waals surface area contributed by atoms with Crippen LogP contribution in [0.25, 0.3) is 11.3 Å². The van der Waals surface area contributed by atoms with Crippen molar-refractivity contribution in [3.05, 3.63) is 59.0 Å². The molecule has 9 heteroatoms. The van der Waals surface area contributed by atoms with Crippen LogP contribution in [0.4, 0.5) is 16.0 Å².